The molecule has 0 saturated carbocycles. The number of esters is 1. The van der Waals surface area contributed by atoms with Crippen molar-refractivity contribution >= 4 is 11.8 Å². The topological polar surface area (TPSA) is 54.9 Å². The Kier molecular flexibility index (Phi) is 6.58. The van der Waals surface area contributed by atoms with Crippen molar-refractivity contribution in [2.24, 2.45) is 0 Å². The second kappa shape index (κ2) is 9.13. The Bertz CT molecular complexity index is 802. The van der Waals surface area contributed by atoms with Gasteiger partial charge in [-0.25, -0.2) is 9.78 Å². The predicted octanol–water partition coefficient (Wildman–Crippen LogP) is 3.48. The largest absolute Gasteiger partial charge is 0.573 e. The van der Waals surface area contributed by atoms with Crippen LogP contribution >= 0.6 is 0 Å². The molecule has 156 valence electrons. The number of pyridine rings is 1. The smallest absolute Gasteiger partial charge is 0.462 e. The Morgan fingerprint density at radius 1 is 1.07 bits per heavy atom. The molecule has 1 aromatic carbocycles. The number of anilines is 1. The van der Waals surface area contributed by atoms with E-state index in [9.17, 15) is 18.0 Å². The minimum absolute atomic E-state index is 0.219. The minimum atomic E-state index is -4.68. The third kappa shape index (κ3) is 6.08. The van der Waals surface area contributed by atoms with E-state index in [0.717, 1.165) is 37.6 Å². The van der Waals surface area contributed by atoms with Crippen molar-refractivity contribution in [3.63, 3.8) is 0 Å². The molecule has 0 unspecified atom stereocenters. The quantitative estimate of drug-likeness (QED) is 0.681. The highest BCUT2D eigenvalue weighted by Gasteiger charge is 2.31. The Balaban J connectivity index is 1.49. The number of hydrogen-bond acceptors (Lipinski definition) is 6. The van der Waals surface area contributed by atoms with Crippen LogP contribution in [-0.4, -0.2) is 55.0 Å². The fraction of sp³-hybridized carbons (Fsp3) is 0.400. The molecule has 0 bridgehead atoms. The van der Waals surface area contributed by atoms with Crippen molar-refractivity contribution < 1.29 is 27.4 Å². The number of aromatic nitrogens is 1. The first kappa shape index (κ1) is 20.9. The van der Waals surface area contributed by atoms with Crippen LogP contribution < -0.4 is 9.64 Å². The monoisotopic (exact) mass is 409 g/mol. The van der Waals surface area contributed by atoms with Crippen LogP contribution in [0.2, 0.25) is 0 Å². The summed E-state index contributed by atoms with van der Waals surface area (Å²) in [7, 11) is 0. The molecule has 1 fully saturated rings. The number of rotatable bonds is 6. The highest BCUT2D eigenvalue weighted by molar-refractivity contribution is 5.89. The van der Waals surface area contributed by atoms with Gasteiger partial charge in [-0.2, -0.15) is 0 Å². The number of carbonyl (C=O) groups excluding carboxylic acids is 1. The summed E-state index contributed by atoms with van der Waals surface area (Å²) in [5, 5.41) is 0. The lowest BCUT2D eigenvalue weighted by Gasteiger charge is -2.35. The van der Waals surface area contributed by atoms with E-state index in [0.29, 0.717) is 18.7 Å². The third-order valence-electron chi connectivity index (χ3n) is 4.52. The summed E-state index contributed by atoms with van der Waals surface area (Å²) in [6.07, 6.45) is -3.16. The molecule has 0 radical (unpaired) electrons. The summed E-state index contributed by atoms with van der Waals surface area (Å²) < 4.78 is 45.5. The summed E-state index contributed by atoms with van der Waals surface area (Å²) in [5.74, 6) is 0.192. The Morgan fingerprint density at radius 3 is 2.31 bits per heavy atom. The van der Waals surface area contributed by atoms with Crippen LogP contribution in [0.4, 0.5) is 19.0 Å². The first-order chi connectivity index (χ1) is 13.8. The third-order valence-corrected chi connectivity index (χ3v) is 4.52. The molecular formula is C20H22F3N3O3. The molecule has 9 heteroatoms. The minimum Gasteiger partial charge on any atom is -0.462 e. The molecule has 1 aliphatic rings. The van der Waals surface area contributed by atoms with Gasteiger partial charge in [-0.05, 0) is 36.8 Å². The predicted molar refractivity (Wildman–Crippen MR) is 101 cm³/mol. The second-order valence-corrected chi connectivity index (χ2v) is 6.58. The van der Waals surface area contributed by atoms with E-state index in [1.54, 1.807) is 31.2 Å². The van der Waals surface area contributed by atoms with E-state index >= 15 is 0 Å². The second-order valence-electron chi connectivity index (χ2n) is 6.58. The summed E-state index contributed by atoms with van der Waals surface area (Å²) in [4.78, 5) is 20.4. The number of benzene rings is 1. The van der Waals surface area contributed by atoms with Crippen molar-refractivity contribution in [2.45, 2.75) is 19.8 Å². The zero-order valence-electron chi connectivity index (χ0n) is 16.0. The van der Waals surface area contributed by atoms with E-state index < -0.39 is 6.36 Å². The van der Waals surface area contributed by atoms with Gasteiger partial charge in [0.2, 0.25) is 0 Å². The molecule has 1 aromatic heterocycles. The normalized spacial score (nSPS) is 15.2. The lowest BCUT2D eigenvalue weighted by atomic mass is 10.2. The SMILES string of the molecule is CCOC(=O)c1ccc(N2CCN(Cc3ccc(OC(F)(F)F)cc3)CC2)nc1. The van der Waals surface area contributed by atoms with Crippen LogP contribution in [0.25, 0.3) is 0 Å². The Hall–Kier alpha value is -2.81. The van der Waals surface area contributed by atoms with Crippen molar-refractivity contribution in [1.82, 2.24) is 9.88 Å². The summed E-state index contributed by atoms with van der Waals surface area (Å²) in [6.45, 7) is 5.84. The van der Waals surface area contributed by atoms with Crippen molar-refractivity contribution in [1.29, 1.82) is 0 Å². The van der Waals surface area contributed by atoms with Crippen LogP contribution in [0.1, 0.15) is 22.8 Å². The molecule has 1 aliphatic heterocycles. The maximum absolute atomic E-state index is 12.2. The zero-order valence-corrected chi connectivity index (χ0v) is 16.0. The molecule has 0 spiro atoms. The van der Waals surface area contributed by atoms with E-state index in [2.05, 4.69) is 19.5 Å². The van der Waals surface area contributed by atoms with Gasteiger partial charge in [-0.15, -0.1) is 13.2 Å². The maximum atomic E-state index is 12.2. The summed E-state index contributed by atoms with van der Waals surface area (Å²) in [5.41, 5.74) is 1.34. The first-order valence-electron chi connectivity index (χ1n) is 9.29. The number of carbonyl (C=O) groups is 1. The van der Waals surface area contributed by atoms with Crippen molar-refractivity contribution in [3.05, 3.63) is 53.7 Å². The highest BCUT2D eigenvalue weighted by atomic mass is 19.4. The van der Waals surface area contributed by atoms with Gasteiger partial charge in [0.25, 0.3) is 0 Å². The lowest BCUT2D eigenvalue weighted by molar-refractivity contribution is -0.274. The van der Waals surface area contributed by atoms with Crippen LogP contribution in [0.3, 0.4) is 0 Å². The zero-order chi connectivity index (χ0) is 20.9. The van der Waals surface area contributed by atoms with E-state index in [1.165, 1.54) is 18.3 Å². The number of hydrogen-bond donors (Lipinski definition) is 0. The molecule has 29 heavy (non-hydrogen) atoms. The molecule has 1 saturated heterocycles. The van der Waals surface area contributed by atoms with Gasteiger partial charge >= 0.3 is 12.3 Å². The van der Waals surface area contributed by atoms with Crippen LogP contribution in [0.15, 0.2) is 42.6 Å². The van der Waals surface area contributed by atoms with Crippen LogP contribution in [0.5, 0.6) is 5.75 Å². The average molecular weight is 409 g/mol. The Morgan fingerprint density at radius 2 is 1.76 bits per heavy atom. The van der Waals surface area contributed by atoms with Crippen molar-refractivity contribution in [3.8, 4) is 5.75 Å². The van der Waals surface area contributed by atoms with Crippen molar-refractivity contribution in [2.75, 3.05) is 37.7 Å². The van der Waals surface area contributed by atoms with Crippen LogP contribution in [-0.2, 0) is 11.3 Å². The number of ether oxygens (including phenoxy) is 2. The highest BCUT2D eigenvalue weighted by Crippen LogP contribution is 2.23. The molecule has 0 atom stereocenters. The number of halogens is 3. The molecule has 0 N–H and O–H groups in total. The van der Waals surface area contributed by atoms with Gasteiger partial charge in [-0.3, -0.25) is 4.90 Å². The fourth-order valence-electron chi connectivity index (χ4n) is 3.10. The number of piperazine rings is 1. The Labute approximate surface area is 166 Å². The van der Waals surface area contributed by atoms with E-state index in [4.69, 9.17) is 4.74 Å². The van der Waals surface area contributed by atoms with Gasteiger partial charge < -0.3 is 14.4 Å². The lowest BCUT2D eigenvalue weighted by Crippen LogP contribution is -2.46. The average Bonchev–Trinajstić information content (AvgIpc) is 2.69. The molecule has 3 rings (SSSR count). The standard InChI is InChI=1S/C20H22F3N3O3/c1-2-28-19(27)16-5-8-18(24-13-16)26-11-9-25(10-12-26)14-15-3-6-17(7-4-15)29-20(21,22)23/h3-8,13H,2,9-12,14H2,1H3. The fourth-order valence-corrected chi connectivity index (χ4v) is 3.10. The van der Waals surface area contributed by atoms with Crippen LogP contribution in [0, 0.1) is 0 Å². The van der Waals surface area contributed by atoms with E-state index in [-0.39, 0.29) is 11.7 Å². The molecule has 0 aliphatic carbocycles. The molecular weight excluding hydrogens is 387 g/mol. The maximum Gasteiger partial charge on any atom is 0.573 e. The number of alkyl halides is 3. The molecule has 2 aromatic rings. The van der Waals surface area contributed by atoms with Gasteiger partial charge in [0.05, 0.1) is 12.2 Å². The molecule has 0 amide bonds. The van der Waals surface area contributed by atoms with Gasteiger partial charge in [0.1, 0.15) is 11.6 Å². The summed E-state index contributed by atoms with van der Waals surface area (Å²) in [6, 6.07) is 9.45. The first-order valence-corrected chi connectivity index (χ1v) is 9.29. The van der Waals surface area contributed by atoms with Gasteiger partial charge in [-0.1, -0.05) is 12.1 Å². The number of nitrogens with zero attached hydrogens (tertiary/aromatic N) is 3. The van der Waals surface area contributed by atoms with Gasteiger partial charge in [0, 0.05) is 38.9 Å². The van der Waals surface area contributed by atoms with Gasteiger partial charge in [0.15, 0.2) is 0 Å². The molecule has 6 nitrogen and oxygen atoms in total. The van der Waals surface area contributed by atoms with E-state index in [1.807, 2.05) is 0 Å². The summed E-state index contributed by atoms with van der Waals surface area (Å²) >= 11 is 0. The molecule has 2 heterocycles.